The lowest BCUT2D eigenvalue weighted by atomic mass is 9.99. The maximum Gasteiger partial charge on any atom is 0.304 e. The number of hydrogen-bond donors (Lipinski definition) is 1. The van der Waals surface area contributed by atoms with E-state index < -0.39 is 5.97 Å². The molecule has 0 saturated carbocycles. The summed E-state index contributed by atoms with van der Waals surface area (Å²) in [6.45, 7) is 3.56. The van der Waals surface area contributed by atoms with Crippen LogP contribution in [0, 0.1) is 6.92 Å². The van der Waals surface area contributed by atoms with Crippen molar-refractivity contribution in [3.63, 3.8) is 0 Å². The van der Waals surface area contributed by atoms with Crippen LogP contribution in [-0.4, -0.2) is 43.3 Å². The predicted molar refractivity (Wildman–Crippen MR) is 66.0 cm³/mol. The molecule has 1 N–H and O–H groups in total. The van der Waals surface area contributed by atoms with E-state index in [1.807, 2.05) is 18.5 Å². The van der Waals surface area contributed by atoms with Gasteiger partial charge in [0.1, 0.15) is 11.6 Å². The summed E-state index contributed by atoms with van der Waals surface area (Å²) in [5.41, 5.74) is 0. The first-order chi connectivity index (χ1) is 8.58. The highest BCUT2D eigenvalue weighted by molar-refractivity contribution is 5.67. The number of carboxylic acids is 1. The van der Waals surface area contributed by atoms with Crippen LogP contribution < -0.4 is 0 Å². The van der Waals surface area contributed by atoms with E-state index in [1.165, 1.54) is 0 Å². The second kappa shape index (κ2) is 5.48. The summed E-state index contributed by atoms with van der Waals surface area (Å²) in [5.74, 6) is 1.07. The van der Waals surface area contributed by atoms with Crippen molar-refractivity contribution in [3.8, 4) is 0 Å². The number of carbonyl (C=O) groups is 1. The molecule has 6 nitrogen and oxygen atoms in total. The van der Waals surface area contributed by atoms with Crippen molar-refractivity contribution in [1.29, 1.82) is 0 Å². The Labute approximate surface area is 107 Å². The molecule has 100 valence electrons. The lowest BCUT2D eigenvalue weighted by Gasteiger charge is -2.34. The predicted octanol–water partition coefficient (Wildman–Crippen LogP) is 0.953. The fourth-order valence-corrected chi connectivity index (χ4v) is 2.47. The van der Waals surface area contributed by atoms with Crippen LogP contribution in [0.4, 0.5) is 0 Å². The average Bonchev–Trinajstić information content (AvgIpc) is 2.63. The van der Waals surface area contributed by atoms with Gasteiger partial charge >= 0.3 is 5.97 Å². The summed E-state index contributed by atoms with van der Waals surface area (Å²) >= 11 is 0. The van der Waals surface area contributed by atoms with Crippen molar-refractivity contribution in [1.82, 2.24) is 19.7 Å². The van der Waals surface area contributed by atoms with Crippen LogP contribution in [0.1, 0.15) is 37.3 Å². The smallest absolute Gasteiger partial charge is 0.304 e. The van der Waals surface area contributed by atoms with Crippen molar-refractivity contribution >= 4 is 5.97 Å². The van der Waals surface area contributed by atoms with Crippen LogP contribution in [0.5, 0.6) is 0 Å². The second-order valence-electron chi connectivity index (χ2n) is 4.94. The van der Waals surface area contributed by atoms with Gasteiger partial charge in [0.25, 0.3) is 0 Å². The molecular weight excluding hydrogens is 232 g/mol. The molecule has 2 rings (SSSR count). The van der Waals surface area contributed by atoms with Crippen LogP contribution in [0.25, 0.3) is 0 Å². The Morgan fingerprint density at radius 1 is 1.44 bits per heavy atom. The largest absolute Gasteiger partial charge is 0.481 e. The normalized spacial score (nSPS) is 21.1. The summed E-state index contributed by atoms with van der Waals surface area (Å²) in [6.07, 6.45) is 3.43. The number of aromatic nitrogens is 3. The molecule has 0 amide bonds. The minimum atomic E-state index is -0.721. The highest BCUT2D eigenvalue weighted by atomic mass is 16.4. The lowest BCUT2D eigenvalue weighted by Crippen LogP contribution is -2.40. The van der Waals surface area contributed by atoms with E-state index in [9.17, 15) is 4.79 Å². The SMILES string of the molecule is Cc1nnc(CN2CCCCC2CC(=O)O)n1C. The Morgan fingerprint density at radius 3 is 2.83 bits per heavy atom. The molecule has 0 aliphatic carbocycles. The second-order valence-corrected chi connectivity index (χ2v) is 4.94. The third-order valence-corrected chi connectivity index (χ3v) is 3.69. The zero-order chi connectivity index (χ0) is 13.1. The summed E-state index contributed by atoms with van der Waals surface area (Å²) in [5, 5.41) is 17.1. The van der Waals surface area contributed by atoms with Crippen molar-refractivity contribution in [2.75, 3.05) is 6.54 Å². The molecule has 1 unspecified atom stereocenters. The molecule has 18 heavy (non-hydrogen) atoms. The minimum absolute atomic E-state index is 0.133. The van der Waals surface area contributed by atoms with Crippen LogP contribution >= 0.6 is 0 Å². The van der Waals surface area contributed by atoms with E-state index in [1.54, 1.807) is 0 Å². The van der Waals surface area contributed by atoms with E-state index in [-0.39, 0.29) is 12.5 Å². The molecule has 1 atom stereocenters. The van der Waals surface area contributed by atoms with Gasteiger partial charge in [-0.05, 0) is 26.3 Å². The third-order valence-electron chi connectivity index (χ3n) is 3.69. The van der Waals surface area contributed by atoms with Gasteiger partial charge in [-0.25, -0.2) is 0 Å². The van der Waals surface area contributed by atoms with Crippen LogP contribution in [-0.2, 0) is 18.4 Å². The molecule has 0 radical (unpaired) electrons. The van der Waals surface area contributed by atoms with Crippen LogP contribution in [0.3, 0.4) is 0 Å². The number of rotatable bonds is 4. The van der Waals surface area contributed by atoms with Crippen LogP contribution in [0.15, 0.2) is 0 Å². The van der Waals surface area contributed by atoms with E-state index in [2.05, 4.69) is 15.1 Å². The highest BCUT2D eigenvalue weighted by Gasteiger charge is 2.25. The molecule has 0 aromatic carbocycles. The standard InChI is InChI=1S/C12H20N4O2/c1-9-13-14-11(15(9)2)8-16-6-4-3-5-10(16)7-12(17)18/h10H,3-8H2,1-2H3,(H,17,18). The third kappa shape index (κ3) is 2.87. The Balaban J connectivity index is 2.05. The number of aliphatic carboxylic acids is 1. The van der Waals surface area contributed by atoms with Crippen molar-refractivity contribution in [3.05, 3.63) is 11.6 Å². The quantitative estimate of drug-likeness (QED) is 0.864. The first-order valence-corrected chi connectivity index (χ1v) is 6.38. The maximum atomic E-state index is 10.9. The summed E-state index contributed by atoms with van der Waals surface area (Å²) in [7, 11) is 1.95. The number of aryl methyl sites for hydroxylation is 1. The minimum Gasteiger partial charge on any atom is -0.481 e. The first kappa shape index (κ1) is 13.0. The average molecular weight is 252 g/mol. The number of likely N-dealkylation sites (tertiary alicyclic amines) is 1. The van der Waals surface area contributed by atoms with Gasteiger partial charge in [-0.1, -0.05) is 6.42 Å². The zero-order valence-corrected chi connectivity index (χ0v) is 11.0. The van der Waals surface area contributed by atoms with E-state index in [4.69, 9.17) is 5.11 Å². The highest BCUT2D eigenvalue weighted by Crippen LogP contribution is 2.21. The van der Waals surface area contributed by atoms with Gasteiger partial charge in [0.2, 0.25) is 0 Å². The Morgan fingerprint density at radius 2 is 2.22 bits per heavy atom. The van der Waals surface area contributed by atoms with Crippen molar-refractivity contribution in [2.24, 2.45) is 7.05 Å². The number of hydrogen-bond acceptors (Lipinski definition) is 4. The molecule has 1 saturated heterocycles. The topological polar surface area (TPSA) is 71.2 Å². The van der Waals surface area contributed by atoms with Gasteiger partial charge in [0, 0.05) is 13.1 Å². The molecule has 1 fully saturated rings. The number of piperidine rings is 1. The van der Waals surface area contributed by atoms with Gasteiger partial charge < -0.3 is 9.67 Å². The van der Waals surface area contributed by atoms with Gasteiger partial charge in [-0.3, -0.25) is 9.69 Å². The molecule has 6 heteroatoms. The Hall–Kier alpha value is -1.43. The maximum absolute atomic E-state index is 10.9. The Kier molecular flexibility index (Phi) is 3.96. The van der Waals surface area contributed by atoms with E-state index >= 15 is 0 Å². The number of carboxylic acid groups (broad SMARTS) is 1. The zero-order valence-electron chi connectivity index (χ0n) is 11.0. The Bertz CT molecular complexity index is 430. The lowest BCUT2D eigenvalue weighted by molar-refractivity contribution is -0.138. The molecule has 0 bridgehead atoms. The molecule has 1 aliphatic heterocycles. The molecular formula is C12H20N4O2. The van der Waals surface area contributed by atoms with Crippen molar-refractivity contribution in [2.45, 2.75) is 45.2 Å². The molecule has 2 heterocycles. The van der Waals surface area contributed by atoms with E-state index in [0.29, 0.717) is 6.54 Å². The molecule has 1 aromatic rings. The summed E-state index contributed by atoms with van der Waals surface area (Å²) < 4.78 is 1.96. The summed E-state index contributed by atoms with van der Waals surface area (Å²) in [6, 6.07) is 0.133. The first-order valence-electron chi connectivity index (χ1n) is 6.38. The van der Waals surface area contributed by atoms with Gasteiger partial charge in [0.05, 0.1) is 13.0 Å². The number of nitrogens with zero attached hydrogens (tertiary/aromatic N) is 4. The monoisotopic (exact) mass is 252 g/mol. The van der Waals surface area contributed by atoms with Gasteiger partial charge in [-0.2, -0.15) is 0 Å². The molecule has 0 spiro atoms. The van der Waals surface area contributed by atoms with Crippen molar-refractivity contribution < 1.29 is 9.90 Å². The molecule has 1 aromatic heterocycles. The summed E-state index contributed by atoms with van der Waals surface area (Å²) in [4.78, 5) is 13.1. The molecule has 1 aliphatic rings. The fraction of sp³-hybridized carbons (Fsp3) is 0.750. The van der Waals surface area contributed by atoms with Gasteiger partial charge in [-0.15, -0.1) is 10.2 Å². The van der Waals surface area contributed by atoms with E-state index in [0.717, 1.165) is 37.5 Å². The fourth-order valence-electron chi connectivity index (χ4n) is 2.47. The van der Waals surface area contributed by atoms with Crippen LogP contribution in [0.2, 0.25) is 0 Å². The van der Waals surface area contributed by atoms with Gasteiger partial charge in [0.15, 0.2) is 0 Å².